The molecule has 1 rings (SSSR count). The van der Waals surface area contributed by atoms with E-state index in [9.17, 15) is 14.4 Å². The van der Waals surface area contributed by atoms with Crippen LogP contribution in [0.25, 0.3) is 0 Å². The Morgan fingerprint density at radius 1 is 1.00 bits per heavy atom. The van der Waals surface area contributed by atoms with Crippen LogP contribution in [0.15, 0.2) is 0 Å². The number of rotatable bonds is 9. The lowest BCUT2D eigenvalue weighted by Gasteiger charge is -2.28. The summed E-state index contributed by atoms with van der Waals surface area (Å²) < 4.78 is 5.46. The molecule has 1 aliphatic rings. The van der Waals surface area contributed by atoms with E-state index in [0.717, 1.165) is 32.1 Å². The molecule has 0 bridgehead atoms. The molecule has 7 nitrogen and oxygen atoms in total. The van der Waals surface area contributed by atoms with Crippen LogP contribution in [0.3, 0.4) is 0 Å². The Morgan fingerprint density at radius 2 is 1.71 bits per heavy atom. The number of urea groups is 1. The predicted octanol–water partition coefficient (Wildman–Crippen LogP) is 1.86. The van der Waals surface area contributed by atoms with Crippen LogP contribution in [-0.4, -0.2) is 43.1 Å². The van der Waals surface area contributed by atoms with Crippen molar-refractivity contribution in [1.82, 2.24) is 16.0 Å². The topological polar surface area (TPSA) is 96.5 Å². The number of hydrogen-bond donors (Lipinski definition) is 3. The first kappa shape index (κ1) is 20.3. The highest BCUT2D eigenvalue weighted by molar-refractivity contribution is 5.77. The molecule has 0 heterocycles. The third-order valence-electron chi connectivity index (χ3n) is 4.00. The smallest absolute Gasteiger partial charge is 0.314 e. The highest BCUT2D eigenvalue weighted by Crippen LogP contribution is 2.21. The summed E-state index contributed by atoms with van der Waals surface area (Å²) >= 11 is 0. The third kappa shape index (κ3) is 8.74. The quantitative estimate of drug-likeness (QED) is 0.558. The first-order valence-electron chi connectivity index (χ1n) is 9.05. The molecular formula is C17H31N3O4. The van der Waals surface area contributed by atoms with Crippen molar-refractivity contribution in [1.29, 1.82) is 0 Å². The van der Waals surface area contributed by atoms with Gasteiger partial charge in [0.25, 0.3) is 0 Å². The Bertz CT molecular complexity index is 407. The van der Waals surface area contributed by atoms with E-state index >= 15 is 0 Å². The lowest BCUT2D eigenvalue weighted by Crippen LogP contribution is -2.44. The molecule has 24 heavy (non-hydrogen) atoms. The van der Waals surface area contributed by atoms with Crippen LogP contribution < -0.4 is 16.0 Å². The fourth-order valence-corrected chi connectivity index (χ4v) is 2.71. The second-order valence-electron chi connectivity index (χ2n) is 6.17. The lowest BCUT2D eigenvalue weighted by molar-refractivity contribution is -0.150. The molecule has 3 N–H and O–H groups in total. The molecule has 0 aromatic heterocycles. The average molecular weight is 341 g/mol. The Hall–Kier alpha value is -1.79. The first-order valence-corrected chi connectivity index (χ1v) is 9.05. The normalized spacial score (nSPS) is 20.1. The molecule has 0 saturated heterocycles. The van der Waals surface area contributed by atoms with Gasteiger partial charge in [-0.1, -0.05) is 6.92 Å². The zero-order chi connectivity index (χ0) is 17.8. The van der Waals surface area contributed by atoms with Gasteiger partial charge in [-0.25, -0.2) is 4.79 Å². The predicted molar refractivity (Wildman–Crippen MR) is 91.5 cm³/mol. The number of nitrogens with one attached hydrogen (secondary N) is 3. The summed E-state index contributed by atoms with van der Waals surface area (Å²) in [4.78, 5) is 34.7. The van der Waals surface area contributed by atoms with E-state index in [1.54, 1.807) is 0 Å². The summed E-state index contributed by atoms with van der Waals surface area (Å²) in [5.41, 5.74) is 0. The van der Waals surface area contributed by atoms with E-state index in [1.165, 1.54) is 0 Å². The van der Waals surface area contributed by atoms with E-state index < -0.39 is 0 Å². The molecule has 0 aromatic carbocycles. The first-order chi connectivity index (χ1) is 11.5. The maximum Gasteiger partial charge on any atom is 0.314 e. The van der Waals surface area contributed by atoms with Crippen LogP contribution >= 0.6 is 0 Å². The molecule has 0 spiro atoms. The molecule has 1 aliphatic carbocycles. The molecule has 1 fully saturated rings. The zero-order valence-corrected chi connectivity index (χ0v) is 14.9. The molecule has 0 radical (unpaired) electrons. The monoisotopic (exact) mass is 341 g/mol. The Labute approximate surface area is 144 Å². The summed E-state index contributed by atoms with van der Waals surface area (Å²) in [5, 5.41) is 8.42. The third-order valence-corrected chi connectivity index (χ3v) is 4.00. The fourth-order valence-electron chi connectivity index (χ4n) is 2.71. The van der Waals surface area contributed by atoms with Gasteiger partial charge in [0.15, 0.2) is 0 Å². The van der Waals surface area contributed by atoms with Crippen molar-refractivity contribution in [2.75, 3.05) is 13.1 Å². The second kappa shape index (κ2) is 11.7. The highest BCUT2D eigenvalue weighted by atomic mass is 16.5. The molecule has 138 valence electrons. The Balaban J connectivity index is 2.12. The number of ether oxygens (including phenoxy) is 1. The Kier molecular flexibility index (Phi) is 9.88. The number of hydrogen-bond acceptors (Lipinski definition) is 4. The maximum atomic E-state index is 11.8. The molecule has 0 aromatic rings. The van der Waals surface area contributed by atoms with Gasteiger partial charge >= 0.3 is 12.0 Å². The molecule has 0 unspecified atom stereocenters. The standard InChI is InChI=1S/C17H31N3O4/c1-3-12-19-15(21)6-5-7-16(22)24-14-10-8-13(9-11-14)20-17(23)18-4-2/h13-14H,3-12H2,1-2H3,(H,19,21)(H2,18,20,23). The van der Waals surface area contributed by atoms with Gasteiger partial charge in [-0.3, -0.25) is 9.59 Å². The minimum atomic E-state index is -0.238. The van der Waals surface area contributed by atoms with Gasteiger partial charge < -0.3 is 20.7 Å². The van der Waals surface area contributed by atoms with E-state index in [4.69, 9.17) is 4.74 Å². The van der Waals surface area contributed by atoms with Gasteiger partial charge in [-0.2, -0.15) is 0 Å². The van der Waals surface area contributed by atoms with Crippen LogP contribution in [0.4, 0.5) is 4.79 Å². The molecular weight excluding hydrogens is 310 g/mol. The molecule has 0 aliphatic heterocycles. The van der Waals surface area contributed by atoms with Gasteiger partial charge in [0.2, 0.25) is 5.91 Å². The van der Waals surface area contributed by atoms with Gasteiger partial charge in [0, 0.05) is 32.0 Å². The molecule has 3 amide bonds. The summed E-state index contributed by atoms with van der Waals surface area (Å²) in [7, 11) is 0. The van der Waals surface area contributed by atoms with Crippen molar-refractivity contribution >= 4 is 17.9 Å². The van der Waals surface area contributed by atoms with Crippen LogP contribution in [0.2, 0.25) is 0 Å². The zero-order valence-electron chi connectivity index (χ0n) is 14.9. The van der Waals surface area contributed by atoms with Crippen molar-refractivity contribution in [3.63, 3.8) is 0 Å². The summed E-state index contributed by atoms with van der Waals surface area (Å²) in [6.07, 6.45) is 5.14. The number of carbonyl (C=O) groups is 3. The molecule has 1 saturated carbocycles. The summed E-state index contributed by atoms with van der Waals surface area (Å²) in [6.45, 7) is 5.16. The van der Waals surface area contributed by atoms with E-state index in [1.807, 2.05) is 13.8 Å². The van der Waals surface area contributed by atoms with Crippen molar-refractivity contribution in [3.05, 3.63) is 0 Å². The van der Waals surface area contributed by atoms with Crippen molar-refractivity contribution in [2.45, 2.75) is 77.4 Å². The minimum absolute atomic E-state index is 0.0124. The highest BCUT2D eigenvalue weighted by Gasteiger charge is 2.24. The number of amides is 3. The van der Waals surface area contributed by atoms with Crippen LogP contribution in [0.1, 0.15) is 65.2 Å². The van der Waals surface area contributed by atoms with Crippen molar-refractivity contribution in [2.24, 2.45) is 0 Å². The van der Waals surface area contributed by atoms with E-state index in [0.29, 0.717) is 25.9 Å². The number of esters is 1. The second-order valence-corrected chi connectivity index (χ2v) is 6.17. The summed E-state index contributed by atoms with van der Waals surface area (Å²) in [5.74, 6) is -0.250. The molecule has 7 heteroatoms. The van der Waals surface area contributed by atoms with Gasteiger partial charge in [-0.05, 0) is 45.4 Å². The average Bonchev–Trinajstić information content (AvgIpc) is 2.55. The maximum absolute atomic E-state index is 11.8. The SMILES string of the molecule is CCCNC(=O)CCCC(=O)OC1CCC(NC(=O)NCC)CC1. The summed E-state index contributed by atoms with van der Waals surface area (Å²) in [6, 6.07) is 0.00746. The number of carbonyl (C=O) groups excluding carboxylic acids is 3. The van der Waals surface area contributed by atoms with E-state index in [2.05, 4.69) is 16.0 Å². The van der Waals surface area contributed by atoms with E-state index in [-0.39, 0.29) is 36.5 Å². The largest absolute Gasteiger partial charge is 0.462 e. The van der Waals surface area contributed by atoms with Gasteiger partial charge in [-0.15, -0.1) is 0 Å². The molecule has 0 atom stereocenters. The van der Waals surface area contributed by atoms with Crippen LogP contribution in [0.5, 0.6) is 0 Å². The fraction of sp³-hybridized carbons (Fsp3) is 0.824. The lowest BCUT2D eigenvalue weighted by atomic mass is 9.93. The van der Waals surface area contributed by atoms with Crippen molar-refractivity contribution in [3.8, 4) is 0 Å². The van der Waals surface area contributed by atoms with Crippen LogP contribution in [0, 0.1) is 0 Å². The van der Waals surface area contributed by atoms with Crippen LogP contribution in [-0.2, 0) is 14.3 Å². The Morgan fingerprint density at radius 3 is 2.33 bits per heavy atom. The van der Waals surface area contributed by atoms with Gasteiger partial charge in [0.1, 0.15) is 6.10 Å². The minimum Gasteiger partial charge on any atom is -0.462 e. The van der Waals surface area contributed by atoms with Crippen molar-refractivity contribution < 1.29 is 19.1 Å². The van der Waals surface area contributed by atoms with Gasteiger partial charge in [0.05, 0.1) is 0 Å².